The fourth-order valence-electron chi connectivity index (χ4n) is 2.56. The largest absolute Gasteiger partial charge is 0.314 e. The molecule has 0 aliphatic carbocycles. The molecule has 3 heterocycles. The molecule has 0 saturated heterocycles. The van der Waals surface area contributed by atoms with Gasteiger partial charge in [0.05, 0.1) is 17.2 Å². The Labute approximate surface area is 113 Å². The Hall–Kier alpha value is -2.07. The first kappa shape index (κ1) is 10.8. The quantitative estimate of drug-likeness (QED) is 0.627. The van der Waals surface area contributed by atoms with Crippen molar-refractivity contribution in [2.45, 2.75) is 4.90 Å². The van der Waals surface area contributed by atoms with E-state index in [9.17, 15) is 4.79 Å². The van der Waals surface area contributed by atoms with Gasteiger partial charge in [-0.1, -0.05) is 18.2 Å². The molecule has 92 valence electrons. The first-order valence-corrected chi connectivity index (χ1v) is 7.05. The predicted octanol–water partition coefficient (Wildman–Crippen LogP) is 3.13. The van der Waals surface area contributed by atoms with E-state index in [0.717, 1.165) is 16.7 Å². The van der Waals surface area contributed by atoms with E-state index in [-0.39, 0.29) is 5.56 Å². The fourth-order valence-corrected chi connectivity index (χ4v) is 3.44. The van der Waals surface area contributed by atoms with Crippen molar-refractivity contribution in [1.29, 1.82) is 0 Å². The highest BCUT2D eigenvalue weighted by atomic mass is 32.2. The van der Waals surface area contributed by atoms with E-state index in [1.807, 2.05) is 17.8 Å². The lowest BCUT2D eigenvalue weighted by atomic mass is 10.2. The fraction of sp³-hybridized carbons (Fsp3) is 0.0667. The summed E-state index contributed by atoms with van der Waals surface area (Å²) < 4.78 is 2.13. The number of para-hydroxylation sites is 1. The number of rotatable bonds is 0. The lowest BCUT2D eigenvalue weighted by Crippen LogP contribution is -1.96. The normalized spacial score (nSPS) is 13.9. The Kier molecular flexibility index (Phi) is 2.26. The summed E-state index contributed by atoms with van der Waals surface area (Å²) in [5, 5.41) is 2.24. The highest BCUT2D eigenvalue weighted by Gasteiger charge is 2.13. The zero-order chi connectivity index (χ0) is 12.8. The first-order valence-electron chi connectivity index (χ1n) is 6.07. The van der Waals surface area contributed by atoms with Crippen LogP contribution in [0.5, 0.6) is 0 Å². The van der Waals surface area contributed by atoms with Crippen molar-refractivity contribution in [3.05, 3.63) is 53.0 Å². The number of fused-ring (bicyclic) bond motifs is 3. The van der Waals surface area contributed by atoms with Crippen LogP contribution in [0.3, 0.4) is 0 Å². The molecule has 0 unspecified atom stereocenters. The second-order valence-electron chi connectivity index (χ2n) is 4.45. The Morgan fingerprint density at radius 3 is 3.05 bits per heavy atom. The smallest absolute Gasteiger partial charge is 0.269 e. The summed E-state index contributed by atoms with van der Waals surface area (Å²) in [6.07, 6.45) is 5.87. The summed E-state index contributed by atoms with van der Waals surface area (Å²) in [6.45, 7) is 0. The van der Waals surface area contributed by atoms with Crippen LogP contribution >= 0.6 is 11.8 Å². The molecule has 19 heavy (non-hydrogen) atoms. The van der Waals surface area contributed by atoms with Gasteiger partial charge in [0, 0.05) is 33.7 Å². The van der Waals surface area contributed by atoms with Crippen LogP contribution in [-0.2, 0) is 0 Å². The summed E-state index contributed by atoms with van der Waals surface area (Å²) >= 11 is 1.83. The molecule has 0 atom stereocenters. The molecule has 1 aliphatic heterocycles. The summed E-state index contributed by atoms with van der Waals surface area (Å²) in [5.41, 5.74) is 1.97. The number of benzene rings is 1. The maximum Gasteiger partial charge on any atom is 0.269 e. The third-order valence-electron chi connectivity index (χ3n) is 3.36. The molecule has 0 bridgehead atoms. The molecule has 0 spiro atoms. The summed E-state index contributed by atoms with van der Waals surface area (Å²) in [6, 6.07) is 9.71. The van der Waals surface area contributed by atoms with Crippen molar-refractivity contribution in [2.75, 3.05) is 5.75 Å². The van der Waals surface area contributed by atoms with E-state index >= 15 is 0 Å². The van der Waals surface area contributed by atoms with Gasteiger partial charge in [0.25, 0.3) is 5.56 Å². The van der Waals surface area contributed by atoms with Crippen molar-refractivity contribution < 1.29 is 0 Å². The lowest BCUT2D eigenvalue weighted by molar-refractivity contribution is 1.22. The van der Waals surface area contributed by atoms with Crippen molar-refractivity contribution in [3.8, 4) is 0 Å². The highest BCUT2D eigenvalue weighted by Crippen LogP contribution is 2.36. The van der Waals surface area contributed by atoms with Crippen LogP contribution in [0, 0.1) is 0 Å². The third-order valence-corrected chi connectivity index (χ3v) is 4.36. The van der Waals surface area contributed by atoms with Crippen molar-refractivity contribution in [1.82, 2.24) is 9.55 Å². The number of aromatic nitrogens is 2. The van der Waals surface area contributed by atoms with Gasteiger partial charge >= 0.3 is 0 Å². The molecule has 0 N–H and O–H groups in total. The van der Waals surface area contributed by atoms with Crippen LogP contribution in [0.25, 0.3) is 28.0 Å². The monoisotopic (exact) mass is 266 g/mol. The Balaban J connectivity index is 2.34. The van der Waals surface area contributed by atoms with E-state index in [4.69, 9.17) is 0 Å². The van der Waals surface area contributed by atoms with Crippen LogP contribution in [0.4, 0.5) is 0 Å². The van der Waals surface area contributed by atoms with Crippen LogP contribution in [0.2, 0.25) is 0 Å². The first-order chi connectivity index (χ1) is 9.34. The zero-order valence-electron chi connectivity index (χ0n) is 10.0. The van der Waals surface area contributed by atoms with E-state index in [0.29, 0.717) is 0 Å². The zero-order valence-corrected chi connectivity index (χ0v) is 10.9. The molecule has 0 fully saturated rings. The van der Waals surface area contributed by atoms with Crippen molar-refractivity contribution >= 4 is 39.8 Å². The summed E-state index contributed by atoms with van der Waals surface area (Å²) in [4.78, 5) is 16.6. The van der Waals surface area contributed by atoms with Gasteiger partial charge in [-0.3, -0.25) is 4.79 Å². The van der Waals surface area contributed by atoms with Gasteiger partial charge in [-0.15, -0.1) is 11.8 Å². The van der Waals surface area contributed by atoms with E-state index < -0.39 is 0 Å². The molecule has 3 nitrogen and oxygen atoms in total. The number of thioether (sulfide) groups is 1. The van der Waals surface area contributed by atoms with Gasteiger partial charge in [-0.25, -0.2) is 4.98 Å². The van der Waals surface area contributed by atoms with E-state index in [1.165, 1.54) is 21.9 Å². The minimum atomic E-state index is -0.208. The van der Waals surface area contributed by atoms with E-state index in [1.54, 1.807) is 6.20 Å². The summed E-state index contributed by atoms with van der Waals surface area (Å²) in [5.74, 6) is 0.960. The number of hydrogen-bond donors (Lipinski definition) is 0. The van der Waals surface area contributed by atoms with Gasteiger partial charge < -0.3 is 4.57 Å². The molecule has 4 heteroatoms. The van der Waals surface area contributed by atoms with Gasteiger partial charge in [-0.2, -0.15) is 0 Å². The van der Waals surface area contributed by atoms with Crippen molar-refractivity contribution in [3.63, 3.8) is 0 Å². The van der Waals surface area contributed by atoms with E-state index in [2.05, 4.69) is 40.0 Å². The van der Waals surface area contributed by atoms with Gasteiger partial charge in [0.1, 0.15) is 0 Å². The average molecular weight is 266 g/mol. The lowest BCUT2D eigenvalue weighted by Gasteiger charge is -2.01. The van der Waals surface area contributed by atoms with Crippen molar-refractivity contribution in [2.24, 2.45) is 0 Å². The maximum atomic E-state index is 11.4. The minimum Gasteiger partial charge on any atom is -0.314 e. The number of hydrogen-bond acceptors (Lipinski definition) is 3. The van der Waals surface area contributed by atoms with Gasteiger partial charge in [-0.05, 0) is 12.1 Å². The second kappa shape index (κ2) is 3.96. The Morgan fingerprint density at radius 2 is 2.11 bits per heavy atom. The molecule has 1 aromatic carbocycles. The SMILES string of the molecule is O=c1ccc2c3cccc4c3n(c2cn1)C=CCS4. The van der Waals surface area contributed by atoms with Gasteiger partial charge in [0.2, 0.25) is 0 Å². The third kappa shape index (κ3) is 1.53. The molecule has 0 amide bonds. The van der Waals surface area contributed by atoms with Crippen LogP contribution in [-0.4, -0.2) is 15.3 Å². The highest BCUT2D eigenvalue weighted by molar-refractivity contribution is 7.99. The van der Waals surface area contributed by atoms with Crippen LogP contribution in [0.1, 0.15) is 0 Å². The minimum absolute atomic E-state index is 0.208. The van der Waals surface area contributed by atoms with Gasteiger partial charge in [0.15, 0.2) is 0 Å². The molecular weight excluding hydrogens is 256 g/mol. The molecule has 2 aromatic heterocycles. The Bertz CT molecular complexity index is 896. The molecule has 3 aromatic rings. The standard InChI is InChI=1S/C15H10N2OS/c18-14-6-5-10-11-3-1-4-13-15(11)17(7-2-8-19-13)12(10)9-16-14/h1-7,9H,8H2. The average Bonchev–Trinajstić information content (AvgIpc) is 2.59. The molecule has 0 radical (unpaired) electrons. The van der Waals surface area contributed by atoms with Crippen LogP contribution in [0.15, 0.2) is 52.3 Å². The number of nitrogens with zero attached hydrogens (tertiary/aromatic N) is 2. The molecule has 1 aliphatic rings. The second-order valence-corrected chi connectivity index (χ2v) is 5.51. The Morgan fingerprint density at radius 1 is 1.16 bits per heavy atom. The van der Waals surface area contributed by atoms with Crippen LogP contribution < -0.4 is 5.56 Å². The topological polar surface area (TPSA) is 34.9 Å². The molecule has 0 saturated carbocycles. The predicted molar refractivity (Wildman–Crippen MR) is 79.6 cm³/mol. The molecular formula is C15H10N2OS. The molecule has 4 rings (SSSR count). The summed E-state index contributed by atoms with van der Waals surface area (Å²) in [7, 11) is 0. The maximum absolute atomic E-state index is 11.4.